The number of fused-ring (bicyclic) bond motifs is 2. The van der Waals surface area contributed by atoms with E-state index >= 15 is 0 Å². The number of benzene rings is 2. The summed E-state index contributed by atoms with van der Waals surface area (Å²) in [5.41, 5.74) is 3.19. The van der Waals surface area contributed by atoms with Gasteiger partial charge in [0, 0.05) is 29.4 Å². The molecule has 4 aromatic rings. The molecule has 1 aliphatic heterocycles. The lowest BCUT2D eigenvalue weighted by Crippen LogP contribution is -2.42. The molecule has 0 bridgehead atoms. The molecule has 196 valence electrons. The Bertz CT molecular complexity index is 1420. The quantitative estimate of drug-likeness (QED) is 0.157. The van der Waals surface area contributed by atoms with E-state index in [-0.39, 0.29) is 17.1 Å². The van der Waals surface area contributed by atoms with Gasteiger partial charge in [-0.15, -0.1) is 0 Å². The summed E-state index contributed by atoms with van der Waals surface area (Å²) in [6.07, 6.45) is 6.97. The van der Waals surface area contributed by atoms with Crippen LogP contribution in [0, 0.1) is 11.0 Å². The molecule has 0 N–H and O–H groups in total. The summed E-state index contributed by atoms with van der Waals surface area (Å²) in [6, 6.07) is 10.5. The van der Waals surface area contributed by atoms with E-state index in [2.05, 4.69) is 45.0 Å². The topological polar surface area (TPSA) is 63.2 Å². The number of aromatic nitrogens is 3. The monoisotopic (exact) mass is 521 g/mol. The smallest absolute Gasteiger partial charge is 0.203 e. The van der Waals surface area contributed by atoms with Crippen molar-refractivity contribution in [2.75, 3.05) is 13.2 Å². The van der Waals surface area contributed by atoms with Crippen LogP contribution in [0.15, 0.2) is 48.8 Å². The third kappa shape index (κ3) is 5.02. The van der Waals surface area contributed by atoms with Crippen LogP contribution in [-0.4, -0.2) is 31.3 Å². The number of ether oxygens (including phenoxy) is 1. The highest BCUT2D eigenvalue weighted by Gasteiger charge is 2.37. The molecule has 1 fully saturated rings. The molecule has 0 saturated carbocycles. The number of hydrogen-bond donors (Lipinski definition) is 0. The van der Waals surface area contributed by atoms with Gasteiger partial charge in [-0.3, -0.25) is 0 Å². The summed E-state index contributed by atoms with van der Waals surface area (Å²) in [4.78, 5) is 0. The summed E-state index contributed by atoms with van der Waals surface area (Å²) >= 11 is 0. The van der Waals surface area contributed by atoms with Crippen LogP contribution in [0.5, 0.6) is 0 Å². The van der Waals surface area contributed by atoms with Crippen LogP contribution in [0.2, 0.25) is 18.1 Å². The molecule has 6 nitrogen and oxygen atoms in total. The molecule has 0 aliphatic carbocycles. The second-order valence-electron chi connectivity index (χ2n) is 11.6. The van der Waals surface area contributed by atoms with Gasteiger partial charge >= 0.3 is 0 Å². The normalized spacial score (nSPS) is 17.1. The van der Waals surface area contributed by atoms with Crippen LogP contribution >= 0.6 is 0 Å². The summed E-state index contributed by atoms with van der Waals surface area (Å²) in [6.45, 7) is 12.2. The predicted molar refractivity (Wildman–Crippen MR) is 147 cm³/mol. The summed E-state index contributed by atoms with van der Waals surface area (Å²) in [5, 5.41) is 20.9. The Morgan fingerprint density at radius 1 is 1.16 bits per heavy atom. The van der Waals surface area contributed by atoms with Gasteiger partial charge < -0.3 is 14.4 Å². The van der Waals surface area contributed by atoms with Crippen molar-refractivity contribution < 1.29 is 18.3 Å². The highest BCUT2D eigenvalue weighted by molar-refractivity contribution is 6.74. The van der Waals surface area contributed by atoms with E-state index in [0.29, 0.717) is 18.7 Å². The van der Waals surface area contributed by atoms with Crippen molar-refractivity contribution in [3.8, 4) is 11.1 Å². The molecular formula is C29H36FN3O3Si. The minimum Gasteiger partial charge on any atom is -0.618 e. The van der Waals surface area contributed by atoms with Gasteiger partial charge in [0.15, 0.2) is 20.7 Å². The molecule has 37 heavy (non-hydrogen) atoms. The number of hydrogen-bond acceptors (Lipinski definition) is 4. The first-order chi connectivity index (χ1) is 17.5. The Morgan fingerprint density at radius 2 is 1.92 bits per heavy atom. The van der Waals surface area contributed by atoms with Gasteiger partial charge in [0.25, 0.3) is 0 Å². The van der Waals surface area contributed by atoms with Gasteiger partial charge in [-0.05, 0) is 67.2 Å². The lowest BCUT2D eigenvalue weighted by molar-refractivity contribution is -0.612. The van der Waals surface area contributed by atoms with E-state index in [1.165, 1.54) is 12.1 Å². The minimum atomic E-state index is -1.97. The molecule has 0 radical (unpaired) electrons. The van der Waals surface area contributed by atoms with Gasteiger partial charge in [0.1, 0.15) is 5.82 Å². The fourth-order valence-corrected chi connectivity index (χ4v) is 5.89. The molecule has 1 atom stereocenters. The first-order valence-electron chi connectivity index (χ1n) is 13.1. The first kappa shape index (κ1) is 25.8. The van der Waals surface area contributed by atoms with Crippen LogP contribution in [0.25, 0.3) is 32.8 Å². The lowest BCUT2D eigenvalue weighted by Gasteiger charge is -2.36. The summed E-state index contributed by atoms with van der Waals surface area (Å²) in [7, 11) is -1.97. The average molecular weight is 522 g/mol. The third-order valence-electron chi connectivity index (χ3n) is 8.02. The van der Waals surface area contributed by atoms with Crippen LogP contribution in [0.4, 0.5) is 4.39 Å². The average Bonchev–Trinajstić information content (AvgIpc) is 3.26. The highest BCUT2D eigenvalue weighted by atomic mass is 28.4. The zero-order chi connectivity index (χ0) is 26.4. The van der Waals surface area contributed by atoms with E-state index in [1.807, 2.05) is 16.9 Å². The molecule has 2 aromatic carbocycles. The van der Waals surface area contributed by atoms with E-state index < -0.39 is 8.32 Å². The van der Waals surface area contributed by atoms with E-state index in [4.69, 9.17) is 9.16 Å². The van der Waals surface area contributed by atoms with Crippen molar-refractivity contribution in [1.82, 2.24) is 9.78 Å². The molecule has 3 heterocycles. The van der Waals surface area contributed by atoms with Crippen molar-refractivity contribution in [1.29, 1.82) is 0 Å². The SMILES string of the molecule is CC(C)(C)[Si](C)(C)OCCc1c(-c2ccc(F)cc2)c2cc3cnn(C4CCCCO4)c3cc2c[n+]1[O-]. The maximum atomic E-state index is 13.8. The zero-order valence-corrected chi connectivity index (χ0v) is 23.4. The van der Waals surface area contributed by atoms with Crippen molar-refractivity contribution in [3.63, 3.8) is 0 Å². The van der Waals surface area contributed by atoms with E-state index in [9.17, 15) is 9.60 Å². The minimum absolute atomic E-state index is 0.0808. The van der Waals surface area contributed by atoms with Crippen LogP contribution in [-0.2, 0) is 15.6 Å². The maximum Gasteiger partial charge on any atom is 0.203 e. The number of nitrogens with zero attached hydrogens (tertiary/aromatic N) is 3. The maximum absolute atomic E-state index is 13.8. The van der Waals surface area contributed by atoms with Crippen molar-refractivity contribution in [2.45, 2.75) is 70.8 Å². The molecule has 8 heteroatoms. The first-order valence-corrected chi connectivity index (χ1v) is 16.0. The standard InChI is InChI=1S/C29H36FN3O3Si/c1-29(2,3)37(4,5)36-15-13-25-28(20-9-11-23(30)12-10-20)24-16-21-18-31-33(27-8-6-7-14-35-27)26(21)17-22(24)19-32(25)34/h9-12,16-19,27H,6-8,13-15H2,1-5H3. The Labute approximate surface area is 218 Å². The van der Waals surface area contributed by atoms with Crippen LogP contribution in [0.1, 0.15) is 52.0 Å². The van der Waals surface area contributed by atoms with Gasteiger partial charge in [0.05, 0.1) is 23.7 Å². The molecule has 2 aromatic heterocycles. The van der Waals surface area contributed by atoms with Gasteiger partial charge in [0.2, 0.25) is 5.69 Å². The van der Waals surface area contributed by atoms with Gasteiger partial charge in [-0.25, -0.2) is 9.07 Å². The zero-order valence-electron chi connectivity index (χ0n) is 22.4. The van der Waals surface area contributed by atoms with E-state index in [0.717, 1.165) is 63.4 Å². The predicted octanol–water partition coefficient (Wildman–Crippen LogP) is 6.89. The molecule has 1 aliphatic rings. The summed E-state index contributed by atoms with van der Waals surface area (Å²) in [5.74, 6) is -0.307. The lowest BCUT2D eigenvalue weighted by atomic mass is 9.95. The third-order valence-corrected chi connectivity index (χ3v) is 12.6. The fraction of sp³-hybridized carbons (Fsp3) is 0.448. The van der Waals surface area contributed by atoms with Crippen molar-refractivity contribution in [3.05, 3.63) is 65.5 Å². The Balaban J connectivity index is 1.61. The number of pyridine rings is 1. The van der Waals surface area contributed by atoms with Crippen LogP contribution < -0.4 is 4.73 Å². The summed E-state index contributed by atoms with van der Waals surface area (Å²) < 4.78 is 29.1. The highest BCUT2D eigenvalue weighted by Crippen LogP contribution is 2.38. The van der Waals surface area contributed by atoms with Crippen molar-refractivity contribution >= 4 is 30.0 Å². The van der Waals surface area contributed by atoms with Crippen molar-refractivity contribution in [2.24, 2.45) is 0 Å². The molecule has 0 amide bonds. The fourth-order valence-electron chi connectivity index (χ4n) is 4.84. The second-order valence-corrected chi connectivity index (χ2v) is 16.4. The molecule has 1 saturated heterocycles. The van der Waals surface area contributed by atoms with Gasteiger partial charge in [-0.1, -0.05) is 32.9 Å². The number of halogens is 1. The molecular weight excluding hydrogens is 485 g/mol. The Hall–Kier alpha value is -2.81. The Kier molecular flexibility index (Phi) is 6.85. The van der Waals surface area contributed by atoms with Crippen LogP contribution in [0.3, 0.4) is 0 Å². The molecule has 5 rings (SSSR count). The molecule has 1 unspecified atom stereocenters. The largest absolute Gasteiger partial charge is 0.618 e. The number of rotatable bonds is 6. The second kappa shape index (κ2) is 9.81. The Morgan fingerprint density at radius 3 is 2.59 bits per heavy atom. The molecule has 0 spiro atoms. The van der Waals surface area contributed by atoms with E-state index in [1.54, 1.807) is 18.3 Å². The van der Waals surface area contributed by atoms with Gasteiger partial charge in [-0.2, -0.15) is 9.83 Å².